The van der Waals surface area contributed by atoms with Crippen molar-refractivity contribution in [2.45, 2.75) is 33.2 Å². The van der Waals surface area contributed by atoms with Crippen LogP contribution in [0.5, 0.6) is 0 Å². The van der Waals surface area contributed by atoms with E-state index in [0.717, 1.165) is 17.5 Å². The first-order chi connectivity index (χ1) is 8.45. The van der Waals surface area contributed by atoms with Crippen molar-refractivity contribution in [2.75, 3.05) is 0 Å². The van der Waals surface area contributed by atoms with Crippen molar-refractivity contribution < 1.29 is 4.39 Å². The predicted molar refractivity (Wildman–Crippen MR) is 78.9 cm³/mol. The zero-order valence-corrected chi connectivity index (χ0v) is 13.0. The highest BCUT2D eigenvalue weighted by atomic mass is 79.9. The highest BCUT2D eigenvalue weighted by Gasteiger charge is 2.18. The molecule has 1 aromatic heterocycles. The van der Waals surface area contributed by atoms with E-state index in [0.29, 0.717) is 21.2 Å². The number of aromatic nitrogens is 2. The minimum absolute atomic E-state index is 0.275. The number of rotatable bonds is 3. The molecule has 1 unspecified atom stereocenters. The van der Waals surface area contributed by atoms with E-state index in [1.165, 1.54) is 6.07 Å². The van der Waals surface area contributed by atoms with Gasteiger partial charge in [-0.3, -0.25) is 0 Å². The molecule has 98 valence electrons. The van der Waals surface area contributed by atoms with E-state index in [1.807, 2.05) is 0 Å². The summed E-state index contributed by atoms with van der Waals surface area (Å²) in [4.78, 5) is 3.08. The molecule has 1 heterocycles. The van der Waals surface area contributed by atoms with Crippen LogP contribution in [0.25, 0.3) is 11.0 Å². The minimum atomic E-state index is -0.275. The van der Waals surface area contributed by atoms with Crippen molar-refractivity contribution in [1.82, 2.24) is 9.55 Å². The molecule has 0 saturated carbocycles. The van der Waals surface area contributed by atoms with E-state index in [1.54, 1.807) is 6.07 Å². The molecule has 0 saturated heterocycles. The highest BCUT2D eigenvalue weighted by Crippen LogP contribution is 2.29. The van der Waals surface area contributed by atoms with Crippen LogP contribution >= 0.6 is 28.1 Å². The van der Waals surface area contributed by atoms with Gasteiger partial charge in [0.1, 0.15) is 5.82 Å². The summed E-state index contributed by atoms with van der Waals surface area (Å²) in [6.07, 6.45) is 0.994. The van der Waals surface area contributed by atoms with Gasteiger partial charge in [0.2, 0.25) is 0 Å². The lowest BCUT2D eigenvalue weighted by molar-refractivity contribution is 0.370. The Morgan fingerprint density at radius 2 is 2.11 bits per heavy atom. The van der Waals surface area contributed by atoms with Gasteiger partial charge in [-0.05, 0) is 46.6 Å². The summed E-state index contributed by atoms with van der Waals surface area (Å²) in [5, 5.41) is 0. The molecule has 0 spiro atoms. The zero-order valence-electron chi connectivity index (χ0n) is 10.6. The van der Waals surface area contributed by atoms with Gasteiger partial charge in [0, 0.05) is 12.1 Å². The Morgan fingerprint density at radius 3 is 2.67 bits per heavy atom. The van der Waals surface area contributed by atoms with Crippen LogP contribution in [0.1, 0.15) is 33.2 Å². The number of benzene rings is 1. The molecular formula is C13H16BrFN2S. The van der Waals surface area contributed by atoms with E-state index in [-0.39, 0.29) is 5.82 Å². The van der Waals surface area contributed by atoms with Crippen LogP contribution in [-0.2, 0) is 0 Å². The third kappa shape index (κ3) is 2.26. The van der Waals surface area contributed by atoms with Crippen molar-refractivity contribution in [3.05, 3.63) is 27.2 Å². The van der Waals surface area contributed by atoms with Crippen LogP contribution in [-0.4, -0.2) is 9.55 Å². The Labute approximate surface area is 119 Å². The number of nitrogens with one attached hydrogen (secondary N) is 1. The molecule has 5 heteroatoms. The molecule has 1 atom stereocenters. The van der Waals surface area contributed by atoms with Crippen LogP contribution in [0.2, 0.25) is 0 Å². The van der Waals surface area contributed by atoms with Crippen LogP contribution in [0.4, 0.5) is 4.39 Å². The Morgan fingerprint density at radius 1 is 1.44 bits per heavy atom. The van der Waals surface area contributed by atoms with Crippen LogP contribution in [0.15, 0.2) is 16.6 Å². The molecule has 18 heavy (non-hydrogen) atoms. The molecule has 0 bridgehead atoms. The lowest BCUT2D eigenvalue weighted by atomic mass is 10.0. The third-order valence-corrected chi connectivity index (χ3v) is 4.18. The van der Waals surface area contributed by atoms with Crippen molar-refractivity contribution >= 4 is 39.2 Å². The molecule has 0 aliphatic heterocycles. The molecular weight excluding hydrogens is 315 g/mol. The highest BCUT2D eigenvalue weighted by molar-refractivity contribution is 9.10. The summed E-state index contributed by atoms with van der Waals surface area (Å²) in [7, 11) is 0. The summed E-state index contributed by atoms with van der Waals surface area (Å²) >= 11 is 8.60. The first-order valence-electron chi connectivity index (χ1n) is 6.05. The van der Waals surface area contributed by atoms with Gasteiger partial charge in [-0.25, -0.2) is 4.39 Å². The number of H-pyrrole nitrogens is 1. The molecule has 2 aromatic rings. The third-order valence-electron chi connectivity index (χ3n) is 3.28. The van der Waals surface area contributed by atoms with E-state index >= 15 is 0 Å². The second kappa shape index (κ2) is 5.13. The first kappa shape index (κ1) is 13.7. The molecule has 0 aliphatic rings. The van der Waals surface area contributed by atoms with Crippen LogP contribution in [0, 0.1) is 16.5 Å². The lowest BCUT2D eigenvalue weighted by Gasteiger charge is -2.21. The van der Waals surface area contributed by atoms with Crippen molar-refractivity contribution in [3.63, 3.8) is 0 Å². The monoisotopic (exact) mass is 330 g/mol. The summed E-state index contributed by atoms with van der Waals surface area (Å²) in [5.74, 6) is 0.202. The second-order valence-electron chi connectivity index (χ2n) is 4.80. The molecule has 0 amide bonds. The van der Waals surface area contributed by atoms with Gasteiger partial charge in [0.05, 0.1) is 15.5 Å². The summed E-state index contributed by atoms with van der Waals surface area (Å²) in [6.45, 7) is 6.49. The van der Waals surface area contributed by atoms with Crippen LogP contribution < -0.4 is 0 Å². The molecule has 2 nitrogen and oxygen atoms in total. The number of hydrogen-bond acceptors (Lipinski definition) is 1. The van der Waals surface area contributed by atoms with E-state index < -0.39 is 0 Å². The fourth-order valence-corrected chi connectivity index (χ4v) is 3.08. The SMILES string of the molecule is CCC(C(C)C)n1c(=S)[nH]c2cc(F)c(Br)cc21. The average Bonchev–Trinajstić information content (AvgIpc) is 2.57. The molecule has 2 rings (SSSR count). The Kier molecular flexibility index (Phi) is 3.92. The van der Waals surface area contributed by atoms with Gasteiger partial charge in [-0.15, -0.1) is 0 Å². The summed E-state index contributed by atoms with van der Waals surface area (Å²) in [5.41, 5.74) is 1.70. The standard InChI is InChI=1S/C13H16BrFN2S/c1-4-11(7(2)3)17-12-5-8(14)9(15)6-10(12)16-13(17)18/h5-7,11H,4H2,1-3H3,(H,16,18). The van der Waals surface area contributed by atoms with Gasteiger partial charge in [0.25, 0.3) is 0 Å². The number of hydrogen-bond donors (Lipinski definition) is 1. The van der Waals surface area contributed by atoms with Crippen molar-refractivity contribution in [1.29, 1.82) is 0 Å². The Balaban J connectivity index is 2.74. The van der Waals surface area contributed by atoms with Crippen molar-refractivity contribution in [2.24, 2.45) is 5.92 Å². The maximum atomic E-state index is 13.5. The molecule has 0 aliphatic carbocycles. The number of aromatic amines is 1. The van der Waals surface area contributed by atoms with Gasteiger partial charge < -0.3 is 9.55 Å². The fourth-order valence-electron chi connectivity index (χ4n) is 2.40. The van der Waals surface area contributed by atoms with Crippen molar-refractivity contribution in [3.8, 4) is 0 Å². The number of fused-ring (bicyclic) bond motifs is 1. The smallest absolute Gasteiger partial charge is 0.178 e. The molecule has 1 aromatic carbocycles. The summed E-state index contributed by atoms with van der Waals surface area (Å²) in [6, 6.07) is 3.60. The Bertz CT molecular complexity index is 630. The molecule has 0 radical (unpaired) electrons. The largest absolute Gasteiger partial charge is 0.330 e. The van der Waals surface area contributed by atoms with E-state index in [9.17, 15) is 4.39 Å². The maximum Gasteiger partial charge on any atom is 0.178 e. The number of nitrogens with zero attached hydrogens (tertiary/aromatic N) is 1. The molecule has 0 fully saturated rings. The van der Waals surface area contributed by atoms with Gasteiger partial charge in [-0.2, -0.15) is 0 Å². The van der Waals surface area contributed by atoms with Crippen LogP contribution in [0.3, 0.4) is 0 Å². The average molecular weight is 331 g/mol. The van der Waals surface area contributed by atoms with Gasteiger partial charge in [0.15, 0.2) is 4.77 Å². The Hall–Kier alpha value is -0.680. The van der Waals surface area contributed by atoms with E-state index in [2.05, 4.69) is 46.3 Å². The fraction of sp³-hybridized carbons (Fsp3) is 0.462. The maximum absolute atomic E-state index is 13.5. The van der Waals surface area contributed by atoms with E-state index in [4.69, 9.17) is 12.2 Å². The zero-order chi connectivity index (χ0) is 13.4. The first-order valence-corrected chi connectivity index (χ1v) is 7.25. The second-order valence-corrected chi connectivity index (χ2v) is 6.04. The predicted octanol–water partition coefficient (Wildman–Crippen LogP) is 5.21. The number of imidazole rings is 1. The topological polar surface area (TPSA) is 20.7 Å². The quantitative estimate of drug-likeness (QED) is 0.766. The van der Waals surface area contributed by atoms with Gasteiger partial charge >= 0.3 is 0 Å². The molecule has 1 N–H and O–H groups in total. The minimum Gasteiger partial charge on any atom is -0.330 e. The lowest BCUT2D eigenvalue weighted by Crippen LogP contribution is -2.14. The number of halogens is 2. The summed E-state index contributed by atoms with van der Waals surface area (Å²) < 4.78 is 16.7. The van der Waals surface area contributed by atoms with Gasteiger partial charge in [-0.1, -0.05) is 20.8 Å². The normalized spacial score (nSPS) is 13.4.